The molecule has 0 spiro atoms. The van der Waals surface area contributed by atoms with Crippen LogP contribution in [0.15, 0.2) is 11.4 Å². The van der Waals surface area contributed by atoms with Crippen molar-refractivity contribution in [3.05, 3.63) is 11.4 Å². The van der Waals surface area contributed by atoms with E-state index in [-0.39, 0.29) is 0 Å². The van der Waals surface area contributed by atoms with Gasteiger partial charge < -0.3 is 15.8 Å². The van der Waals surface area contributed by atoms with Gasteiger partial charge in [0.1, 0.15) is 10.6 Å². The molecule has 0 fully saturated rings. The second kappa shape index (κ2) is 6.51. The van der Waals surface area contributed by atoms with Gasteiger partial charge in [-0.1, -0.05) is 13.3 Å². The van der Waals surface area contributed by atoms with Gasteiger partial charge in [0.2, 0.25) is 5.95 Å². The number of nitrogens with one attached hydrogen (secondary N) is 1. The van der Waals surface area contributed by atoms with E-state index < -0.39 is 0 Å². The number of thiophene rings is 1. The van der Waals surface area contributed by atoms with Crippen molar-refractivity contribution in [2.45, 2.75) is 19.8 Å². The highest BCUT2D eigenvalue weighted by atomic mass is 32.1. The monoisotopic (exact) mass is 266 g/mol. The molecule has 0 aliphatic heterocycles. The third-order valence-corrected chi connectivity index (χ3v) is 3.33. The lowest BCUT2D eigenvalue weighted by Crippen LogP contribution is -2.12. The Morgan fingerprint density at radius 3 is 3.11 bits per heavy atom. The predicted molar refractivity (Wildman–Crippen MR) is 76.0 cm³/mol. The number of ether oxygens (including phenoxy) is 1. The molecule has 5 nitrogen and oxygen atoms in total. The van der Waals surface area contributed by atoms with Crippen molar-refractivity contribution in [3.8, 4) is 0 Å². The molecule has 2 rings (SSSR count). The van der Waals surface area contributed by atoms with E-state index >= 15 is 0 Å². The molecule has 2 aromatic rings. The van der Waals surface area contributed by atoms with Gasteiger partial charge in [-0.3, -0.25) is 0 Å². The number of fused-ring (bicyclic) bond motifs is 1. The summed E-state index contributed by atoms with van der Waals surface area (Å²) in [6, 6.07) is 2.00. The van der Waals surface area contributed by atoms with E-state index in [0.717, 1.165) is 42.0 Å². The first-order chi connectivity index (χ1) is 8.81. The van der Waals surface area contributed by atoms with Gasteiger partial charge in [0, 0.05) is 13.2 Å². The van der Waals surface area contributed by atoms with Crippen LogP contribution in [-0.4, -0.2) is 29.7 Å². The molecule has 0 radical (unpaired) electrons. The van der Waals surface area contributed by atoms with Gasteiger partial charge in [-0.15, -0.1) is 11.3 Å². The first kappa shape index (κ1) is 13.0. The highest BCUT2D eigenvalue weighted by Gasteiger charge is 2.06. The van der Waals surface area contributed by atoms with Crippen LogP contribution in [0.25, 0.3) is 10.2 Å². The van der Waals surface area contributed by atoms with Gasteiger partial charge in [0.15, 0.2) is 0 Å². The Balaban J connectivity index is 1.89. The molecule has 0 unspecified atom stereocenters. The number of nitrogens with zero attached hydrogens (tertiary/aromatic N) is 2. The fraction of sp³-hybridized carbons (Fsp3) is 0.500. The Bertz CT molecular complexity index is 500. The van der Waals surface area contributed by atoms with Gasteiger partial charge in [-0.25, -0.2) is 4.98 Å². The summed E-state index contributed by atoms with van der Waals surface area (Å²) in [6.07, 6.45) is 2.26. The maximum Gasteiger partial charge on any atom is 0.223 e. The number of anilines is 2. The molecule has 0 atom stereocenters. The van der Waals surface area contributed by atoms with Gasteiger partial charge in [-0.2, -0.15) is 4.98 Å². The second-order valence-electron chi connectivity index (χ2n) is 3.96. The van der Waals surface area contributed by atoms with Crippen LogP contribution in [0, 0.1) is 0 Å². The van der Waals surface area contributed by atoms with Crippen molar-refractivity contribution in [2.24, 2.45) is 0 Å². The molecule has 0 bridgehead atoms. The first-order valence-electron chi connectivity index (χ1n) is 6.13. The normalized spacial score (nSPS) is 10.9. The third kappa shape index (κ3) is 3.30. The molecule has 18 heavy (non-hydrogen) atoms. The fourth-order valence-corrected chi connectivity index (χ4v) is 2.37. The van der Waals surface area contributed by atoms with Crippen LogP contribution >= 0.6 is 11.3 Å². The Morgan fingerprint density at radius 1 is 1.39 bits per heavy atom. The second-order valence-corrected chi connectivity index (χ2v) is 4.86. The molecule has 0 saturated carbocycles. The van der Waals surface area contributed by atoms with Gasteiger partial charge in [-0.05, 0) is 17.9 Å². The molecule has 0 saturated heterocycles. The average Bonchev–Trinajstić information content (AvgIpc) is 2.81. The maximum absolute atomic E-state index is 5.67. The van der Waals surface area contributed by atoms with Crippen molar-refractivity contribution in [1.29, 1.82) is 0 Å². The molecule has 3 N–H and O–H groups in total. The average molecular weight is 266 g/mol. The number of unbranched alkanes of at least 4 members (excludes halogenated alkanes) is 1. The first-order valence-corrected chi connectivity index (χ1v) is 7.01. The number of nitrogen functional groups attached to an aromatic ring is 1. The van der Waals surface area contributed by atoms with Crippen LogP contribution in [0.5, 0.6) is 0 Å². The van der Waals surface area contributed by atoms with Crippen LogP contribution in [0.3, 0.4) is 0 Å². The molecule has 2 heterocycles. The molecule has 98 valence electrons. The molecule has 0 aromatic carbocycles. The quantitative estimate of drug-likeness (QED) is 0.753. The number of nitrogens with two attached hydrogens (primary N) is 1. The summed E-state index contributed by atoms with van der Waals surface area (Å²) in [7, 11) is 0. The van der Waals surface area contributed by atoms with Crippen LogP contribution in [0.1, 0.15) is 19.8 Å². The Labute approximate surface area is 110 Å². The Hall–Kier alpha value is -1.40. The molecule has 2 aromatic heterocycles. The van der Waals surface area contributed by atoms with Crippen molar-refractivity contribution in [1.82, 2.24) is 9.97 Å². The fourth-order valence-electron chi connectivity index (χ4n) is 1.60. The Morgan fingerprint density at radius 2 is 2.28 bits per heavy atom. The summed E-state index contributed by atoms with van der Waals surface area (Å²) < 4.78 is 5.49. The molecule has 0 aliphatic carbocycles. The summed E-state index contributed by atoms with van der Waals surface area (Å²) in [4.78, 5) is 9.31. The van der Waals surface area contributed by atoms with Crippen LogP contribution in [-0.2, 0) is 4.74 Å². The summed E-state index contributed by atoms with van der Waals surface area (Å²) in [5, 5.41) is 6.25. The molecule has 0 aliphatic rings. The predicted octanol–water partition coefficient (Wildman–Crippen LogP) is 2.50. The number of rotatable bonds is 7. The number of aromatic nitrogens is 2. The standard InChI is InChI=1S/C12H18N4OS/c1-2-3-6-17-7-5-14-10-9-4-8-18-11(9)16-12(13)15-10/h4,8H,2-3,5-7H2,1H3,(H3,13,14,15,16). The Kier molecular flexibility index (Phi) is 4.72. The highest BCUT2D eigenvalue weighted by Crippen LogP contribution is 2.25. The third-order valence-electron chi connectivity index (χ3n) is 2.52. The topological polar surface area (TPSA) is 73.1 Å². The molecular formula is C12H18N4OS. The maximum atomic E-state index is 5.67. The summed E-state index contributed by atoms with van der Waals surface area (Å²) in [5.41, 5.74) is 5.67. The van der Waals surface area contributed by atoms with Gasteiger partial charge in [0.25, 0.3) is 0 Å². The van der Waals surface area contributed by atoms with E-state index in [1.165, 1.54) is 0 Å². The van der Waals surface area contributed by atoms with Crippen molar-refractivity contribution in [3.63, 3.8) is 0 Å². The molecule has 6 heteroatoms. The summed E-state index contributed by atoms with van der Waals surface area (Å²) in [6.45, 7) is 4.37. The summed E-state index contributed by atoms with van der Waals surface area (Å²) >= 11 is 1.56. The van der Waals surface area contributed by atoms with Crippen LogP contribution in [0.2, 0.25) is 0 Å². The SMILES string of the molecule is CCCCOCCNc1nc(N)nc2sccc12. The number of hydrogen-bond donors (Lipinski definition) is 2. The van der Waals surface area contributed by atoms with Crippen molar-refractivity contribution in [2.75, 3.05) is 30.8 Å². The van der Waals surface area contributed by atoms with E-state index in [1.807, 2.05) is 11.4 Å². The summed E-state index contributed by atoms with van der Waals surface area (Å²) in [5.74, 6) is 1.09. The number of hydrogen-bond acceptors (Lipinski definition) is 6. The van der Waals surface area contributed by atoms with E-state index in [4.69, 9.17) is 10.5 Å². The van der Waals surface area contributed by atoms with E-state index in [0.29, 0.717) is 12.6 Å². The molecular weight excluding hydrogens is 248 g/mol. The zero-order chi connectivity index (χ0) is 12.8. The lowest BCUT2D eigenvalue weighted by atomic mass is 10.3. The highest BCUT2D eigenvalue weighted by molar-refractivity contribution is 7.16. The lowest BCUT2D eigenvalue weighted by molar-refractivity contribution is 0.141. The zero-order valence-electron chi connectivity index (χ0n) is 10.5. The zero-order valence-corrected chi connectivity index (χ0v) is 11.3. The van der Waals surface area contributed by atoms with Gasteiger partial charge >= 0.3 is 0 Å². The van der Waals surface area contributed by atoms with Crippen molar-refractivity contribution < 1.29 is 4.74 Å². The van der Waals surface area contributed by atoms with Crippen LogP contribution in [0.4, 0.5) is 11.8 Å². The largest absolute Gasteiger partial charge is 0.380 e. The van der Waals surface area contributed by atoms with E-state index in [9.17, 15) is 0 Å². The minimum Gasteiger partial charge on any atom is -0.380 e. The lowest BCUT2D eigenvalue weighted by Gasteiger charge is -2.07. The minimum absolute atomic E-state index is 0.305. The minimum atomic E-state index is 0.305. The molecule has 0 amide bonds. The smallest absolute Gasteiger partial charge is 0.223 e. The van der Waals surface area contributed by atoms with Crippen LogP contribution < -0.4 is 11.1 Å². The van der Waals surface area contributed by atoms with E-state index in [1.54, 1.807) is 11.3 Å². The van der Waals surface area contributed by atoms with E-state index in [2.05, 4.69) is 22.2 Å². The van der Waals surface area contributed by atoms with Gasteiger partial charge in [0.05, 0.1) is 12.0 Å². The van der Waals surface area contributed by atoms with Crippen molar-refractivity contribution >= 4 is 33.3 Å².